The van der Waals surface area contributed by atoms with Crippen LogP contribution in [0.2, 0.25) is 0 Å². The van der Waals surface area contributed by atoms with Crippen LogP contribution in [-0.2, 0) is 4.79 Å². The van der Waals surface area contributed by atoms with Crippen molar-refractivity contribution in [3.05, 3.63) is 36.4 Å². The standard InChI is InChI=1S/C22H23N3O3/c1-27-20-11-16-15-7-3-4-8-18(15)28-19(16)12-17(20)24-13-21(26)25-22(14-23)9-5-2-6-10-22/h3-4,7-8,11-12,24H,2,5-6,9-10,13H2,1H3,(H,25,26). The molecule has 6 heteroatoms. The number of nitrogens with one attached hydrogen (secondary N) is 2. The number of rotatable bonds is 5. The Balaban J connectivity index is 1.53. The van der Waals surface area contributed by atoms with Crippen molar-refractivity contribution in [1.82, 2.24) is 5.32 Å². The Hall–Kier alpha value is -3.20. The van der Waals surface area contributed by atoms with Gasteiger partial charge in [0.2, 0.25) is 5.91 Å². The van der Waals surface area contributed by atoms with Crippen LogP contribution < -0.4 is 15.4 Å². The van der Waals surface area contributed by atoms with E-state index in [0.29, 0.717) is 24.3 Å². The summed E-state index contributed by atoms with van der Waals surface area (Å²) in [4.78, 5) is 12.5. The molecule has 0 bridgehead atoms. The van der Waals surface area contributed by atoms with Gasteiger partial charge >= 0.3 is 0 Å². The molecule has 6 nitrogen and oxygen atoms in total. The number of ether oxygens (including phenoxy) is 1. The summed E-state index contributed by atoms with van der Waals surface area (Å²) >= 11 is 0. The quantitative estimate of drug-likeness (QED) is 0.690. The predicted octanol–water partition coefficient (Wildman–Crippen LogP) is 4.35. The van der Waals surface area contributed by atoms with Crippen LogP contribution in [-0.4, -0.2) is 25.1 Å². The Morgan fingerprint density at radius 2 is 1.96 bits per heavy atom. The summed E-state index contributed by atoms with van der Waals surface area (Å²) in [6.45, 7) is 0.0610. The van der Waals surface area contributed by atoms with Crippen LogP contribution in [0.3, 0.4) is 0 Å². The minimum absolute atomic E-state index is 0.0610. The van der Waals surface area contributed by atoms with E-state index in [1.165, 1.54) is 0 Å². The average Bonchev–Trinajstić information content (AvgIpc) is 3.09. The Morgan fingerprint density at radius 1 is 1.18 bits per heavy atom. The molecular weight excluding hydrogens is 354 g/mol. The number of hydrogen-bond acceptors (Lipinski definition) is 5. The van der Waals surface area contributed by atoms with Gasteiger partial charge < -0.3 is 19.8 Å². The smallest absolute Gasteiger partial charge is 0.240 e. The summed E-state index contributed by atoms with van der Waals surface area (Å²) in [5.41, 5.74) is 1.48. The summed E-state index contributed by atoms with van der Waals surface area (Å²) in [5, 5.41) is 17.6. The van der Waals surface area contributed by atoms with Crippen LogP contribution in [0.4, 0.5) is 5.69 Å². The third-order valence-corrected chi connectivity index (χ3v) is 5.44. The highest BCUT2D eigenvalue weighted by Gasteiger charge is 2.33. The summed E-state index contributed by atoms with van der Waals surface area (Å²) in [6.07, 6.45) is 4.48. The molecule has 4 rings (SSSR count). The minimum Gasteiger partial charge on any atom is -0.495 e. The number of para-hydroxylation sites is 1. The fourth-order valence-electron chi connectivity index (χ4n) is 3.97. The van der Waals surface area contributed by atoms with Crippen molar-refractivity contribution < 1.29 is 13.9 Å². The summed E-state index contributed by atoms with van der Waals surface area (Å²) in [5.74, 6) is 0.440. The Kier molecular flexibility index (Phi) is 4.82. The van der Waals surface area contributed by atoms with Gasteiger partial charge in [0.25, 0.3) is 0 Å². The van der Waals surface area contributed by atoms with Crippen molar-refractivity contribution in [2.75, 3.05) is 19.0 Å². The Bertz CT molecular complexity index is 1060. The molecule has 144 valence electrons. The maximum Gasteiger partial charge on any atom is 0.240 e. The number of nitrogens with zero attached hydrogens (tertiary/aromatic N) is 1. The van der Waals surface area contributed by atoms with Crippen LogP contribution in [0.5, 0.6) is 5.75 Å². The van der Waals surface area contributed by atoms with Crippen LogP contribution in [0.15, 0.2) is 40.8 Å². The van der Waals surface area contributed by atoms with Gasteiger partial charge in [0.05, 0.1) is 25.4 Å². The highest BCUT2D eigenvalue weighted by molar-refractivity contribution is 6.06. The first-order valence-electron chi connectivity index (χ1n) is 9.59. The average molecular weight is 377 g/mol. The van der Waals surface area contributed by atoms with Gasteiger partial charge in [0.1, 0.15) is 22.5 Å². The maximum atomic E-state index is 12.5. The van der Waals surface area contributed by atoms with Crippen molar-refractivity contribution in [3.8, 4) is 11.8 Å². The number of amides is 1. The molecule has 0 atom stereocenters. The molecule has 2 N–H and O–H groups in total. The normalized spacial score (nSPS) is 15.9. The SMILES string of the molecule is COc1cc2c(cc1NCC(=O)NC1(C#N)CCCCC1)oc1ccccc12. The fraction of sp³-hybridized carbons (Fsp3) is 0.364. The van der Waals surface area contributed by atoms with Crippen LogP contribution >= 0.6 is 0 Å². The summed E-state index contributed by atoms with van der Waals surface area (Å²) < 4.78 is 11.4. The number of fused-ring (bicyclic) bond motifs is 3. The second-order valence-corrected chi connectivity index (χ2v) is 7.30. The molecule has 1 aliphatic rings. The molecular formula is C22H23N3O3. The highest BCUT2D eigenvalue weighted by Crippen LogP contribution is 2.36. The lowest BCUT2D eigenvalue weighted by molar-refractivity contribution is -0.121. The van der Waals surface area contributed by atoms with E-state index in [2.05, 4.69) is 16.7 Å². The van der Waals surface area contributed by atoms with Crippen molar-refractivity contribution in [2.24, 2.45) is 0 Å². The Morgan fingerprint density at radius 3 is 2.71 bits per heavy atom. The molecule has 3 aromatic rings. The molecule has 1 fully saturated rings. The minimum atomic E-state index is -0.732. The molecule has 1 saturated carbocycles. The highest BCUT2D eigenvalue weighted by atomic mass is 16.5. The van der Waals surface area contributed by atoms with Gasteiger partial charge in [-0.25, -0.2) is 0 Å². The van der Waals surface area contributed by atoms with Crippen LogP contribution in [0.1, 0.15) is 32.1 Å². The van der Waals surface area contributed by atoms with Crippen molar-refractivity contribution in [1.29, 1.82) is 5.26 Å². The van der Waals surface area contributed by atoms with E-state index in [1.54, 1.807) is 7.11 Å². The molecule has 28 heavy (non-hydrogen) atoms. The zero-order valence-corrected chi connectivity index (χ0v) is 15.9. The molecule has 1 heterocycles. The zero-order chi connectivity index (χ0) is 19.6. The van der Waals surface area contributed by atoms with E-state index in [9.17, 15) is 10.1 Å². The Labute approximate surface area is 163 Å². The summed E-state index contributed by atoms with van der Waals surface area (Å²) in [7, 11) is 1.60. The lowest BCUT2D eigenvalue weighted by Crippen LogP contribution is -2.50. The van der Waals surface area contributed by atoms with E-state index in [4.69, 9.17) is 9.15 Å². The van der Waals surface area contributed by atoms with Crippen molar-refractivity contribution in [2.45, 2.75) is 37.6 Å². The molecule has 2 aromatic carbocycles. The fourth-order valence-corrected chi connectivity index (χ4v) is 3.97. The molecule has 0 unspecified atom stereocenters. The number of furan rings is 1. The zero-order valence-electron chi connectivity index (χ0n) is 15.9. The van der Waals surface area contributed by atoms with Gasteiger partial charge in [-0.05, 0) is 25.0 Å². The predicted molar refractivity (Wildman–Crippen MR) is 108 cm³/mol. The van der Waals surface area contributed by atoms with E-state index < -0.39 is 5.54 Å². The van der Waals surface area contributed by atoms with E-state index in [-0.39, 0.29) is 12.5 Å². The molecule has 1 aliphatic carbocycles. The largest absolute Gasteiger partial charge is 0.495 e. The third-order valence-electron chi connectivity index (χ3n) is 5.44. The van der Waals surface area contributed by atoms with Gasteiger partial charge in [0.15, 0.2) is 0 Å². The van der Waals surface area contributed by atoms with Crippen molar-refractivity contribution >= 4 is 33.5 Å². The molecule has 1 amide bonds. The second kappa shape index (κ2) is 7.43. The monoisotopic (exact) mass is 377 g/mol. The molecule has 0 spiro atoms. The van der Waals surface area contributed by atoms with Gasteiger partial charge in [0, 0.05) is 16.8 Å². The lowest BCUT2D eigenvalue weighted by atomic mass is 9.83. The number of carbonyl (C=O) groups is 1. The number of anilines is 1. The van der Waals surface area contributed by atoms with Crippen molar-refractivity contribution in [3.63, 3.8) is 0 Å². The van der Waals surface area contributed by atoms with Gasteiger partial charge in [-0.2, -0.15) is 5.26 Å². The number of benzene rings is 2. The van der Waals surface area contributed by atoms with Crippen LogP contribution in [0.25, 0.3) is 21.9 Å². The summed E-state index contributed by atoms with van der Waals surface area (Å²) in [6, 6.07) is 13.9. The lowest BCUT2D eigenvalue weighted by Gasteiger charge is -2.31. The second-order valence-electron chi connectivity index (χ2n) is 7.30. The first kappa shape index (κ1) is 18.2. The molecule has 0 saturated heterocycles. The number of methoxy groups -OCH3 is 1. The molecule has 0 radical (unpaired) electrons. The van der Waals surface area contributed by atoms with Crippen LogP contribution in [0, 0.1) is 11.3 Å². The van der Waals surface area contributed by atoms with Gasteiger partial charge in [-0.15, -0.1) is 0 Å². The molecule has 1 aromatic heterocycles. The number of nitriles is 1. The van der Waals surface area contributed by atoms with E-state index in [1.807, 2.05) is 36.4 Å². The van der Waals surface area contributed by atoms with E-state index >= 15 is 0 Å². The number of carbonyl (C=O) groups excluding carboxylic acids is 1. The molecule has 0 aliphatic heterocycles. The number of hydrogen-bond donors (Lipinski definition) is 2. The van der Waals surface area contributed by atoms with Gasteiger partial charge in [-0.1, -0.05) is 37.5 Å². The first-order chi connectivity index (χ1) is 13.6. The third kappa shape index (κ3) is 3.36. The maximum absolute atomic E-state index is 12.5. The van der Waals surface area contributed by atoms with E-state index in [0.717, 1.165) is 41.2 Å². The van der Waals surface area contributed by atoms with Gasteiger partial charge in [-0.3, -0.25) is 4.79 Å². The first-order valence-corrected chi connectivity index (χ1v) is 9.59. The topological polar surface area (TPSA) is 87.3 Å².